The predicted molar refractivity (Wildman–Crippen MR) is 107 cm³/mol. The zero-order valence-electron chi connectivity index (χ0n) is 16.4. The Morgan fingerprint density at radius 1 is 1.18 bits per heavy atom. The van der Waals surface area contributed by atoms with Gasteiger partial charge in [-0.3, -0.25) is 9.59 Å². The summed E-state index contributed by atoms with van der Waals surface area (Å²) < 4.78 is 6.96. The van der Waals surface area contributed by atoms with Gasteiger partial charge in [-0.15, -0.1) is 0 Å². The molecule has 0 aliphatic carbocycles. The van der Waals surface area contributed by atoms with Gasteiger partial charge in [-0.25, -0.2) is 0 Å². The second-order valence-electron chi connectivity index (χ2n) is 7.75. The highest BCUT2D eigenvalue weighted by Crippen LogP contribution is 2.43. The molecule has 1 amide bonds. The summed E-state index contributed by atoms with van der Waals surface area (Å²) in [7, 11) is 1.66. The standard InChI is InChI=1S/C22H27N3O3/c1-15-4-3-5-20(26)24(15)11-10-21(27)25-14-17-12-23-13-19(17)22(25)16-6-8-18(28-2)9-7-16/h3-9,17,19,22-23H,10-14H2,1-2H3/t17-,19-,22-/m0/s1. The third-order valence-electron chi connectivity index (χ3n) is 6.16. The summed E-state index contributed by atoms with van der Waals surface area (Å²) in [6.45, 7) is 4.98. The van der Waals surface area contributed by atoms with Crippen molar-refractivity contribution in [2.24, 2.45) is 11.8 Å². The number of amides is 1. The van der Waals surface area contributed by atoms with Crippen molar-refractivity contribution in [1.82, 2.24) is 14.8 Å². The number of carbonyl (C=O) groups is 1. The Hall–Kier alpha value is -2.60. The Bertz CT molecular complexity index is 906. The van der Waals surface area contributed by atoms with Crippen LogP contribution in [0, 0.1) is 18.8 Å². The molecule has 0 radical (unpaired) electrons. The van der Waals surface area contributed by atoms with Crippen molar-refractivity contribution >= 4 is 5.91 Å². The van der Waals surface area contributed by atoms with Crippen molar-refractivity contribution in [2.75, 3.05) is 26.7 Å². The van der Waals surface area contributed by atoms with E-state index in [0.29, 0.717) is 24.8 Å². The summed E-state index contributed by atoms with van der Waals surface area (Å²) >= 11 is 0. The van der Waals surface area contributed by atoms with Gasteiger partial charge in [0, 0.05) is 50.3 Å². The summed E-state index contributed by atoms with van der Waals surface area (Å²) in [4.78, 5) is 27.3. The van der Waals surface area contributed by atoms with Crippen LogP contribution in [0.25, 0.3) is 0 Å². The number of benzene rings is 1. The lowest BCUT2D eigenvalue weighted by Crippen LogP contribution is -2.35. The van der Waals surface area contributed by atoms with Crippen LogP contribution in [0.3, 0.4) is 0 Å². The summed E-state index contributed by atoms with van der Waals surface area (Å²) in [5, 5.41) is 3.47. The number of likely N-dealkylation sites (tertiary alicyclic amines) is 1. The maximum absolute atomic E-state index is 13.1. The lowest BCUT2D eigenvalue weighted by atomic mass is 9.89. The first-order valence-corrected chi connectivity index (χ1v) is 9.89. The number of hydrogen-bond acceptors (Lipinski definition) is 4. The molecule has 0 bridgehead atoms. The predicted octanol–water partition coefficient (Wildman–Crippen LogP) is 1.97. The monoisotopic (exact) mass is 381 g/mol. The Morgan fingerprint density at radius 2 is 1.96 bits per heavy atom. The van der Waals surface area contributed by atoms with Crippen LogP contribution in [0.2, 0.25) is 0 Å². The van der Waals surface area contributed by atoms with Gasteiger partial charge in [0.1, 0.15) is 5.75 Å². The van der Waals surface area contributed by atoms with E-state index in [1.807, 2.05) is 30.0 Å². The zero-order valence-corrected chi connectivity index (χ0v) is 16.4. The Kier molecular flexibility index (Phi) is 5.22. The van der Waals surface area contributed by atoms with E-state index >= 15 is 0 Å². The van der Waals surface area contributed by atoms with Crippen molar-refractivity contribution in [3.63, 3.8) is 0 Å². The number of pyridine rings is 1. The molecule has 3 heterocycles. The van der Waals surface area contributed by atoms with E-state index in [1.54, 1.807) is 23.8 Å². The second-order valence-corrected chi connectivity index (χ2v) is 7.75. The Morgan fingerprint density at radius 3 is 2.68 bits per heavy atom. The molecule has 148 valence electrons. The number of aromatic nitrogens is 1. The second kappa shape index (κ2) is 7.80. The van der Waals surface area contributed by atoms with E-state index in [0.717, 1.165) is 36.6 Å². The summed E-state index contributed by atoms with van der Waals surface area (Å²) in [5.74, 6) is 1.85. The molecule has 0 saturated carbocycles. The van der Waals surface area contributed by atoms with Crippen LogP contribution in [0.5, 0.6) is 5.75 Å². The number of fused-ring (bicyclic) bond motifs is 1. The van der Waals surface area contributed by atoms with Gasteiger partial charge >= 0.3 is 0 Å². The van der Waals surface area contributed by atoms with Crippen LogP contribution < -0.4 is 15.6 Å². The number of rotatable bonds is 5. The number of nitrogens with zero attached hydrogens (tertiary/aromatic N) is 2. The highest BCUT2D eigenvalue weighted by Gasteiger charge is 2.46. The van der Waals surface area contributed by atoms with Gasteiger partial charge in [0.25, 0.3) is 5.56 Å². The molecule has 2 saturated heterocycles. The maximum Gasteiger partial charge on any atom is 0.250 e. The van der Waals surface area contributed by atoms with E-state index in [1.165, 1.54) is 0 Å². The van der Waals surface area contributed by atoms with Crippen LogP contribution in [0.1, 0.15) is 23.7 Å². The normalized spacial score (nSPS) is 23.6. The van der Waals surface area contributed by atoms with E-state index in [2.05, 4.69) is 17.4 Å². The third-order valence-corrected chi connectivity index (χ3v) is 6.16. The molecule has 2 aliphatic heterocycles. The quantitative estimate of drug-likeness (QED) is 0.860. The highest BCUT2D eigenvalue weighted by atomic mass is 16.5. The molecule has 0 spiro atoms. The first kappa shape index (κ1) is 18.7. The first-order valence-electron chi connectivity index (χ1n) is 9.89. The van der Waals surface area contributed by atoms with Crippen LogP contribution in [0.4, 0.5) is 0 Å². The molecule has 4 rings (SSSR count). The van der Waals surface area contributed by atoms with Gasteiger partial charge in [0.15, 0.2) is 0 Å². The lowest BCUT2D eigenvalue weighted by molar-refractivity contribution is -0.132. The Labute approximate surface area is 165 Å². The molecule has 28 heavy (non-hydrogen) atoms. The average molecular weight is 381 g/mol. The van der Waals surface area contributed by atoms with Crippen molar-refractivity contribution in [3.05, 3.63) is 64.1 Å². The number of nitrogens with one attached hydrogen (secondary N) is 1. The maximum atomic E-state index is 13.1. The SMILES string of the molecule is COc1ccc([C@H]2[C@H]3CNC[C@H]3CN2C(=O)CCn2c(C)cccc2=O)cc1. The number of methoxy groups -OCH3 is 1. The fraction of sp³-hybridized carbons (Fsp3) is 0.455. The molecular weight excluding hydrogens is 354 g/mol. The van der Waals surface area contributed by atoms with Gasteiger partial charge in [-0.1, -0.05) is 18.2 Å². The topological polar surface area (TPSA) is 63.6 Å². The minimum absolute atomic E-state index is 0.0537. The molecule has 3 atom stereocenters. The van der Waals surface area contributed by atoms with Gasteiger partial charge < -0.3 is 19.5 Å². The Balaban J connectivity index is 1.54. The zero-order chi connectivity index (χ0) is 19.7. The first-order chi connectivity index (χ1) is 13.6. The molecule has 6 nitrogen and oxygen atoms in total. The van der Waals surface area contributed by atoms with Gasteiger partial charge in [-0.05, 0) is 36.6 Å². The lowest BCUT2D eigenvalue weighted by Gasteiger charge is -2.29. The van der Waals surface area contributed by atoms with Crippen LogP contribution in [-0.4, -0.2) is 42.1 Å². The summed E-state index contributed by atoms with van der Waals surface area (Å²) in [6.07, 6.45) is 0.338. The minimum Gasteiger partial charge on any atom is -0.497 e. The van der Waals surface area contributed by atoms with Crippen molar-refractivity contribution in [1.29, 1.82) is 0 Å². The van der Waals surface area contributed by atoms with Crippen molar-refractivity contribution in [3.8, 4) is 5.75 Å². The smallest absolute Gasteiger partial charge is 0.250 e. The number of ether oxygens (including phenoxy) is 1. The van der Waals surface area contributed by atoms with Crippen molar-refractivity contribution in [2.45, 2.75) is 25.9 Å². The van der Waals surface area contributed by atoms with E-state index in [4.69, 9.17) is 4.74 Å². The highest BCUT2D eigenvalue weighted by molar-refractivity contribution is 5.77. The van der Waals surface area contributed by atoms with E-state index in [-0.39, 0.29) is 17.5 Å². The van der Waals surface area contributed by atoms with E-state index in [9.17, 15) is 9.59 Å². The number of carbonyl (C=O) groups excluding carboxylic acids is 1. The minimum atomic E-state index is -0.0537. The molecule has 1 aromatic carbocycles. The van der Waals surface area contributed by atoms with Gasteiger partial charge in [0.05, 0.1) is 13.2 Å². The molecule has 2 aliphatic rings. The molecule has 1 aromatic heterocycles. The molecular formula is C22H27N3O3. The van der Waals surface area contributed by atoms with Crippen LogP contribution in [-0.2, 0) is 11.3 Å². The average Bonchev–Trinajstić information content (AvgIpc) is 3.29. The molecule has 0 unspecified atom stereocenters. The number of hydrogen-bond donors (Lipinski definition) is 1. The van der Waals surface area contributed by atoms with E-state index < -0.39 is 0 Å². The van der Waals surface area contributed by atoms with Gasteiger partial charge in [0.2, 0.25) is 5.91 Å². The van der Waals surface area contributed by atoms with Crippen LogP contribution >= 0.6 is 0 Å². The fourth-order valence-electron chi connectivity index (χ4n) is 4.67. The molecule has 6 heteroatoms. The number of aryl methyl sites for hydroxylation is 1. The van der Waals surface area contributed by atoms with Crippen molar-refractivity contribution < 1.29 is 9.53 Å². The summed E-state index contributed by atoms with van der Waals surface area (Å²) in [6, 6.07) is 13.3. The molecule has 2 fully saturated rings. The fourth-order valence-corrected chi connectivity index (χ4v) is 4.67. The van der Waals surface area contributed by atoms with Gasteiger partial charge in [-0.2, -0.15) is 0 Å². The molecule has 2 aromatic rings. The summed E-state index contributed by atoms with van der Waals surface area (Å²) in [5.41, 5.74) is 1.98. The molecule has 1 N–H and O–H groups in total. The third kappa shape index (κ3) is 3.44. The largest absolute Gasteiger partial charge is 0.497 e. The van der Waals surface area contributed by atoms with Crippen LogP contribution in [0.15, 0.2) is 47.3 Å².